The van der Waals surface area contributed by atoms with Crippen LogP contribution in [0.4, 0.5) is 0 Å². The number of aromatic amines is 1. The van der Waals surface area contributed by atoms with Crippen molar-refractivity contribution in [2.24, 2.45) is 0 Å². The summed E-state index contributed by atoms with van der Waals surface area (Å²) in [5.41, 5.74) is 0.680. The van der Waals surface area contributed by atoms with E-state index in [-0.39, 0.29) is 29.1 Å². The van der Waals surface area contributed by atoms with Gasteiger partial charge in [-0.05, 0) is 32.9 Å². The van der Waals surface area contributed by atoms with Gasteiger partial charge in [-0.15, -0.1) is 0 Å². The van der Waals surface area contributed by atoms with Gasteiger partial charge in [-0.2, -0.15) is 0 Å². The van der Waals surface area contributed by atoms with Crippen LogP contribution in [-0.2, 0) is 0 Å². The zero-order valence-corrected chi connectivity index (χ0v) is 11.0. The number of aryl methyl sites for hydroxylation is 1. The van der Waals surface area contributed by atoms with Crippen molar-refractivity contribution in [2.75, 3.05) is 13.1 Å². The maximum atomic E-state index is 12.3. The van der Waals surface area contributed by atoms with Crippen molar-refractivity contribution in [3.8, 4) is 0 Å². The Labute approximate surface area is 106 Å². The minimum Gasteiger partial charge on any atom is -0.335 e. The molecule has 0 radical (unpaired) electrons. The molecule has 5 heteroatoms. The predicted octanol–water partition coefficient (Wildman–Crippen LogP) is 0.506. The first-order valence-electron chi connectivity index (χ1n) is 6.22. The molecule has 2 rings (SSSR count). The molecule has 98 valence electrons. The molecular formula is C13H19N3O2. The standard InChI is InChI=1S/C13H19N3O2/c1-8-4-5-11(12(17)15-8)13(18)16-6-9(2)14-10(3)7-16/h4-5,9-10,14H,6-7H2,1-3H3,(H,15,17). The summed E-state index contributed by atoms with van der Waals surface area (Å²) in [5.74, 6) is -0.184. The molecule has 0 spiro atoms. The lowest BCUT2D eigenvalue weighted by Crippen LogP contribution is -2.56. The van der Waals surface area contributed by atoms with Gasteiger partial charge in [0, 0.05) is 30.9 Å². The van der Waals surface area contributed by atoms with E-state index in [4.69, 9.17) is 0 Å². The fourth-order valence-electron chi connectivity index (χ4n) is 2.40. The first kappa shape index (κ1) is 12.8. The number of nitrogens with zero attached hydrogens (tertiary/aromatic N) is 1. The number of hydrogen-bond acceptors (Lipinski definition) is 3. The Hall–Kier alpha value is -1.62. The maximum absolute atomic E-state index is 12.3. The van der Waals surface area contributed by atoms with Crippen LogP contribution in [0.1, 0.15) is 29.9 Å². The van der Waals surface area contributed by atoms with Crippen LogP contribution in [-0.4, -0.2) is 41.0 Å². The molecule has 0 aliphatic carbocycles. The van der Waals surface area contributed by atoms with E-state index in [2.05, 4.69) is 10.3 Å². The number of rotatable bonds is 1. The molecule has 2 atom stereocenters. The number of hydrogen-bond donors (Lipinski definition) is 2. The summed E-state index contributed by atoms with van der Waals surface area (Å²) in [6, 6.07) is 3.86. The van der Waals surface area contributed by atoms with Crippen molar-refractivity contribution >= 4 is 5.91 Å². The van der Waals surface area contributed by atoms with Crippen LogP contribution in [0, 0.1) is 6.92 Å². The van der Waals surface area contributed by atoms with Crippen molar-refractivity contribution in [1.82, 2.24) is 15.2 Å². The van der Waals surface area contributed by atoms with E-state index < -0.39 is 0 Å². The molecular weight excluding hydrogens is 230 g/mol. The number of pyridine rings is 1. The van der Waals surface area contributed by atoms with E-state index in [1.165, 1.54) is 0 Å². The van der Waals surface area contributed by atoms with Gasteiger partial charge < -0.3 is 15.2 Å². The maximum Gasteiger partial charge on any atom is 0.260 e. The SMILES string of the molecule is Cc1ccc(C(=O)N2CC(C)NC(C)C2)c(=O)[nH]1. The van der Waals surface area contributed by atoms with Crippen LogP contribution in [0.2, 0.25) is 0 Å². The molecule has 2 heterocycles. The Morgan fingerprint density at radius 3 is 2.44 bits per heavy atom. The van der Waals surface area contributed by atoms with Gasteiger partial charge in [-0.3, -0.25) is 9.59 Å². The van der Waals surface area contributed by atoms with Crippen molar-refractivity contribution in [3.05, 3.63) is 33.7 Å². The number of aromatic nitrogens is 1. The highest BCUT2D eigenvalue weighted by Crippen LogP contribution is 2.08. The van der Waals surface area contributed by atoms with Crippen LogP contribution in [0.5, 0.6) is 0 Å². The zero-order chi connectivity index (χ0) is 13.3. The van der Waals surface area contributed by atoms with E-state index in [9.17, 15) is 9.59 Å². The van der Waals surface area contributed by atoms with E-state index in [0.29, 0.717) is 13.1 Å². The zero-order valence-electron chi connectivity index (χ0n) is 11.0. The Morgan fingerprint density at radius 1 is 1.28 bits per heavy atom. The number of piperazine rings is 1. The van der Waals surface area contributed by atoms with Crippen molar-refractivity contribution in [2.45, 2.75) is 32.9 Å². The van der Waals surface area contributed by atoms with Gasteiger partial charge in [0.1, 0.15) is 5.56 Å². The van der Waals surface area contributed by atoms with Crippen molar-refractivity contribution in [3.63, 3.8) is 0 Å². The van der Waals surface area contributed by atoms with Gasteiger partial charge in [-0.25, -0.2) is 0 Å². The molecule has 5 nitrogen and oxygen atoms in total. The molecule has 1 aromatic rings. The topological polar surface area (TPSA) is 65.2 Å². The number of nitrogens with one attached hydrogen (secondary N) is 2. The quantitative estimate of drug-likeness (QED) is 0.762. The normalized spacial score (nSPS) is 24.1. The van der Waals surface area contributed by atoms with Gasteiger partial charge in [0.25, 0.3) is 11.5 Å². The molecule has 0 bridgehead atoms. The molecule has 1 amide bonds. The second-order valence-corrected chi connectivity index (χ2v) is 5.06. The first-order valence-corrected chi connectivity index (χ1v) is 6.22. The number of H-pyrrole nitrogens is 1. The van der Waals surface area contributed by atoms with E-state index >= 15 is 0 Å². The molecule has 1 fully saturated rings. The monoisotopic (exact) mass is 249 g/mol. The minimum atomic E-state index is -0.307. The third-order valence-corrected chi connectivity index (χ3v) is 3.13. The van der Waals surface area contributed by atoms with Crippen LogP contribution < -0.4 is 10.9 Å². The van der Waals surface area contributed by atoms with E-state index in [1.54, 1.807) is 24.0 Å². The lowest BCUT2D eigenvalue weighted by molar-refractivity contribution is 0.0672. The lowest BCUT2D eigenvalue weighted by Gasteiger charge is -2.36. The summed E-state index contributed by atoms with van der Waals surface area (Å²) in [5, 5.41) is 3.36. The summed E-state index contributed by atoms with van der Waals surface area (Å²) in [4.78, 5) is 28.5. The Bertz CT molecular complexity index is 499. The molecule has 1 aliphatic heterocycles. The fourth-order valence-corrected chi connectivity index (χ4v) is 2.40. The van der Waals surface area contributed by atoms with E-state index in [1.807, 2.05) is 13.8 Å². The van der Waals surface area contributed by atoms with Gasteiger partial charge in [0.05, 0.1) is 0 Å². The Kier molecular flexibility index (Phi) is 3.52. The Balaban J connectivity index is 2.23. The van der Waals surface area contributed by atoms with Gasteiger partial charge in [0.15, 0.2) is 0 Å². The smallest absolute Gasteiger partial charge is 0.260 e. The van der Waals surface area contributed by atoms with Crippen LogP contribution in [0.25, 0.3) is 0 Å². The summed E-state index contributed by atoms with van der Waals surface area (Å²) < 4.78 is 0. The largest absolute Gasteiger partial charge is 0.335 e. The third-order valence-electron chi connectivity index (χ3n) is 3.13. The molecule has 0 aromatic carbocycles. The average Bonchev–Trinajstić information content (AvgIpc) is 2.26. The summed E-state index contributed by atoms with van der Waals surface area (Å²) in [6.45, 7) is 7.14. The summed E-state index contributed by atoms with van der Waals surface area (Å²) in [6.07, 6.45) is 0. The second-order valence-electron chi connectivity index (χ2n) is 5.06. The van der Waals surface area contributed by atoms with Crippen LogP contribution in [0.15, 0.2) is 16.9 Å². The van der Waals surface area contributed by atoms with Gasteiger partial charge in [0.2, 0.25) is 0 Å². The van der Waals surface area contributed by atoms with E-state index in [0.717, 1.165) is 5.69 Å². The highest BCUT2D eigenvalue weighted by molar-refractivity contribution is 5.94. The summed E-state index contributed by atoms with van der Waals surface area (Å²) >= 11 is 0. The van der Waals surface area contributed by atoms with Gasteiger partial charge in [-0.1, -0.05) is 0 Å². The van der Waals surface area contributed by atoms with Crippen LogP contribution in [0.3, 0.4) is 0 Å². The first-order chi connectivity index (χ1) is 8.47. The number of carbonyl (C=O) groups excluding carboxylic acids is 1. The van der Waals surface area contributed by atoms with Gasteiger partial charge >= 0.3 is 0 Å². The molecule has 0 saturated carbocycles. The molecule has 2 N–H and O–H groups in total. The summed E-state index contributed by atoms with van der Waals surface area (Å²) in [7, 11) is 0. The van der Waals surface area contributed by atoms with Crippen LogP contribution >= 0.6 is 0 Å². The Morgan fingerprint density at radius 2 is 1.89 bits per heavy atom. The van der Waals surface area contributed by atoms with Crippen molar-refractivity contribution < 1.29 is 4.79 Å². The molecule has 2 unspecified atom stereocenters. The number of amides is 1. The molecule has 18 heavy (non-hydrogen) atoms. The average molecular weight is 249 g/mol. The van der Waals surface area contributed by atoms with Crippen molar-refractivity contribution in [1.29, 1.82) is 0 Å². The molecule has 1 aliphatic rings. The predicted molar refractivity (Wildman–Crippen MR) is 69.8 cm³/mol. The second kappa shape index (κ2) is 4.94. The molecule has 1 aromatic heterocycles. The fraction of sp³-hybridized carbons (Fsp3) is 0.538. The third kappa shape index (κ3) is 2.61. The number of carbonyl (C=O) groups is 1. The lowest BCUT2D eigenvalue weighted by atomic mass is 10.1. The molecule has 1 saturated heterocycles. The highest BCUT2D eigenvalue weighted by Gasteiger charge is 2.26. The minimum absolute atomic E-state index is 0.184. The highest BCUT2D eigenvalue weighted by atomic mass is 16.2.